The Morgan fingerprint density at radius 1 is 1.09 bits per heavy atom. The topological polar surface area (TPSA) is 52.0 Å². The number of ketones is 2. The van der Waals surface area contributed by atoms with Crippen LogP contribution in [0.5, 0.6) is 0 Å². The normalized spacial score (nSPS) is 12.2. The Balaban J connectivity index is 2.04. The van der Waals surface area contributed by atoms with Gasteiger partial charge in [-0.15, -0.1) is 0 Å². The molecule has 0 saturated heterocycles. The molecule has 0 fully saturated rings. The highest BCUT2D eigenvalue weighted by atomic mass is 19.1. The Bertz CT molecular complexity index is 1470. The highest BCUT2D eigenvalue weighted by Crippen LogP contribution is 2.34. The van der Waals surface area contributed by atoms with Crippen LogP contribution in [0.3, 0.4) is 0 Å². The van der Waals surface area contributed by atoms with Crippen molar-refractivity contribution in [2.24, 2.45) is 0 Å². The van der Waals surface area contributed by atoms with Crippen LogP contribution in [-0.2, 0) is 11.3 Å². The predicted molar refractivity (Wildman–Crippen MR) is 131 cm³/mol. The van der Waals surface area contributed by atoms with E-state index in [-0.39, 0.29) is 11.6 Å². The van der Waals surface area contributed by atoms with Crippen LogP contribution in [0, 0.1) is 12.7 Å². The molecule has 0 spiro atoms. The summed E-state index contributed by atoms with van der Waals surface area (Å²) in [6.45, 7) is 7.06. The maximum absolute atomic E-state index is 14.3. The van der Waals surface area contributed by atoms with Crippen molar-refractivity contribution >= 4 is 38.9 Å². The molecule has 2 heterocycles. The van der Waals surface area contributed by atoms with E-state index >= 15 is 0 Å². The smallest absolute Gasteiger partial charge is 0.176 e. The lowest BCUT2D eigenvalue weighted by molar-refractivity contribution is -0.111. The number of rotatable bonds is 6. The van der Waals surface area contributed by atoms with E-state index in [1.54, 1.807) is 22.8 Å². The lowest BCUT2D eigenvalue weighted by Gasteiger charge is -2.13. The number of pyridine rings is 1. The first-order chi connectivity index (χ1) is 15.8. The highest BCUT2D eigenvalue weighted by molar-refractivity contribution is 6.26. The number of nitrogens with zero attached hydrogens (tertiary/aromatic N) is 2. The van der Waals surface area contributed by atoms with Crippen LogP contribution in [0.4, 0.5) is 4.39 Å². The van der Waals surface area contributed by atoms with Gasteiger partial charge in [0.1, 0.15) is 5.82 Å². The molecule has 0 unspecified atom stereocenters. The molecular weight excluding hydrogens is 415 g/mol. The molecule has 2 aromatic carbocycles. The molecule has 0 aliphatic rings. The van der Waals surface area contributed by atoms with Crippen LogP contribution >= 0.6 is 0 Å². The van der Waals surface area contributed by atoms with E-state index in [1.807, 2.05) is 50.3 Å². The van der Waals surface area contributed by atoms with Gasteiger partial charge in [-0.3, -0.25) is 14.6 Å². The Morgan fingerprint density at radius 2 is 1.85 bits per heavy atom. The summed E-state index contributed by atoms with van der Waals surface area (Å²) in [7, 11) is 0. The summed E-state index contributed by atoms with van der Waals surface area (Å²) in [6, 6.07) is 14.3. The Kier molecular flexibility index (Phi) is 6.05. The Labute approximate surface area is 192 Å². The van der Waals surface area contributed by atoms with E-state index in [1.165, 1.54) is 26.0 Å². The average Bonchev–Trinajstić information content (AvgIpc) is 3.07. The fourth-order valence-electron chi connectivity index (χ4n) is 4.28. The largest absolute Gasteiger partial charge is 0.333 e. The molecule has 166 valence electrons. The van der Waals surface area contributed by atoms with Gasteiger partial charge in [-0.2, -0.15) is 0 Å². The van der Waals surface area contributed by atoms with Crippen LogP contribution < -0.4 is 0 Å². The molecule has 4 nitrogen and oxygen atoms in total. The summed E-state index contributed by atoms with van der Waals surface area (Å²) in [4.78, 5) is 30.2. The number of aryl methyl sites for hydroxylation is 1. The first-order valence-corrected chi connectivity index (χ1v) is 10.8. The quantitative estimate of drug-likeness (QED) is 0.197. The number of Topliss-reactive ketones (excluding diaryl/α,β-unsaturated/α-hetero) is 2. The van der Waals surface area contributed by atoms with E-state index < -0.39 is 5.82 Å². The zero-order chi connectivity index (χ0) is 23.7. The number of carbonyl (C=O) groups is 2. The summed E-state index contributed by atoms with van der Waals surface area (Å²) >= 11 is 0. The number of halogens is 1. The Morgan fingerprint density at radius 3 is 2.55 bits per heavy atom. The predicted octanol–water partition coefficient (Wildman–Crippen LogP) is 6.44. The summed E-state index contributed by atoms with van der Waals surface area (Å²) in [5, 5.41) is 1.65. The summed E-state index contributed by atoms with van der Waals surface area (Å²) in [5.41, 5.74) is 4.55. The number of hydrogen-bond donors (Lipinski definition) is 0. The molecular formula is C28H25FN2O2. The fourth-order valence-corrected chi connectivity index (χ4v) is 4.28. The van der Waals surface area contributed by atoms with E-state index in [0.29, 0.717) is 34.3 Å². The van der Waals surface area contributed by atoms with Crippen molar-refractivity contribution in [3.63, 3.8) is 0 Å². The third kappa shape index (κ3) is 4.14. The van der Waals surface area contributed by atoms with Crippen LogP contribution in [0.1, 0.15) is 48.1 Å². The Hall–Kier alpha value is -3.86. The van der Waals surface area contributed by atoms with Gasteiger partial charge in [0.2, 0.25) is 0 Å². The van der Waals surface area contributed by atoms with E-state index in [2.05, 4.69) is 0 Å². The molecule has 0 amide bonds. The lowest BCUT2D eigenvalue weighted by Crippen LogP contribution is -2.12. The molecule has 0 saturated carbocycles. The van der Waals surface area contributed by atoms with E-state index in [0.717, 1.165) is 22.2 Å². The first kappa shape index (κ1) is 22.3. The van der Waals surface area contributed by atoms with Crippen molar-refractivity contribution in [1.82, 2.24) is 9.55 Å². The van der Waals surface area contributed by atoms with Gasteiger partial charge in [-0.25, -0.2) is 4.39 Å². The van der Waals surface area contributed by atoms with Gasteiger partial charge in [0.05, 0.1) is 23.3 Å². The van der Waals surface area contributed by atoms with Crippen LogP contribution in [-0.4, -0.2) is 21.1 Å². The standard InChI is InChI=1S/C28H25FN2O2/c1-5-6-10-23(18(3)32)27-24-13-12-22(29)15-26(24)31(28(27)19(4)33)16-21-14-20-9-7-8-11-25(20)30-17(21)2/h5-15H,16H2,1-4H3/b6-5-,23-10+. The summed E-state index contributed by atoms with van der Waals surface area (Å²) in [5.74, 6) is -0.763. The number of allylic oxidation sites excluding steroid dienone is 4. The molecule has 0 radical (unpaired) electrons. The highest BCUT2D eigenvalue weighted by Gasteiger charge is 2.25. The molecule has 0 bridgehead atoms. The van der Waals surface area contributed by atoms with Crippen molar-refractivity contribution in [2.45, 2.75) is 34.2 Å². The van der Waals surface area contributed by atoms with Gasteiger partial charge in [0.15, 0.2) is 11.6 Å². The molecule has 4 rings (SSSR count). The number of benzene rings is 2. The van der Waals surface area contributed by atoms with Gasteiger partial charge < -0.3 is 4.57 Å². The van der Waals surface area contributed by atoms with E-state index in [4.69, 9.17) is 4.98 Å². The second kappa shape index (κ2) is 8.94. The van der Waals surface area contributed by atoms with Crippen LogP contribution in [0.2, 0.25) is 0 Å². The van der Waals surface area contributed by atoms with Gasteiger partial charge in [-0.05, 0) is 56.7 Å². The lowest BCUT2D eigenvalue weighted by atomic mass is 9.97. The number of fused-ring (bicyclic) bond motifs is 2. The number of hydrogen-bond acceptors (Lipinski definition) is 3. The van der Waals surface area contributed by atoms with Crippen molar-refractivity contribution in [1.29, 1.82) is 0 Å². The van der Waals surface area contributed by atoms with Gasteiger partial charge >= 0.3 is 0 Å². The van der Waals surface area contributed by atoms with Gasteiger partial charge in [-0.1, -0.05) is 36.4 Å². The molecule has 0 aliphatic heterocycles. The fraction of sp³-hybridized carbons (Fsp3) is 0.179. The third-order valence-corrected chi connectivity index (χ3v) is 5.81. The van der Waals surface area contributed by atoms with Crippen molar-refractivity contribution in [3.8, 4) is 0 Å². The molecule has 0 aliphatic carbocycles. The second-order valence-electron chi connectivity index (χ2n) is 8.12. The molecule has 2 aromatic heterocycles. The zero-order valence-electron chi connectivity index (χ0n) is 19.1. The van der Waals surface area contributed by atoms with Crippen molar-refractivity contribution < 1.29 is 14.0 Å². The SMILES string of the molecule is C/C=C\C=C(/C(C)=O)c1c(C(C)=O)n(Cc2cc3ccccc3nc2C)c2cc(F)ccc12. The first-order valence-electron chi connectivity index (χ1n) is 10.8. The third-order valence-electron chi connectivity index (χ3n) is 5.81. The van der Waals surface area contributed by atoms with Crippen LogP contribution in [0.25, 0.3) is 27.4 Å². The number of carbonyl (C=O) groups excluding carboxylic acids is 2. The maximum atomic E-state index is 14.3. The maximum Gasteiger partial charge on any atom is 0.176 e. The molecule has 4 aromatic rings. The van der Waals surface area contributed by atoms with Gasteiger partial charge in [0.25, 0.3) is 0 Å². The van der Waals surface area contributed by atoms with E-state index in [9.17, 15) is 14.0 Å². The monoisotopic (exact) mass is 440 g/mol. The van der Waals surface area contributed by atoms with Gasteiger partial charge in [0, 0.05) is 34.5 Å². The second-order valence-corrected chi connectivity index (χ2v) is 8.12. The summed E-state index contributed by atoms with van der Waals surface area (Å²) in [6.07, 6.45) is 5.30. The minimum Gasteiger partial charge on any atom is -0.333 e. The summed E-state index contributed by atoms with van der Waals surface area (Å²) < 4.78 is 16.2. The number of aromatic nitrogens is 2. The molecule has 0 atom stereocenters. The minimum atomic E-state index is -0.405. The number of para-hydroxylation sites is 1. The molecule has 0 N–H and O–H groups in total. The minimum absolute atomic E-state index is 0.164. The molecule has 33 heavy (non-hydrogen) atoms. The zero-order valence-corrected chi connectivity index (χ0v) is 19.1. The average molecular weight is 441 g/mol. The van der Waals surface area contributed by atoms with Crippen molar-refractivity contribution in [3.05, 3.63) is 95.1 Å². The molecule has 5 heteroatoms. The van der Waals surface area contributed by atoms with Crippen LogP contribution in [0.15, 0.2) is 66.8 Å². The van der Waals surface area contributed by atoms with Crippen molar-refractivity contribution in [2.75, 3.05) is 0 Å².